The summed E-state index contributed by atoms with van der Waals surface area (Å²) >= 11 is 0. The lowest BCUT2D eigenvalue weighted by Gasteiger charge is -2.24. The van der Waals surface area contributed by atoms with Gasteiger partial charge in [0.2, 0.25) is 15.9 Å². The molecule has 158 valence electrons. The van der Waals surface area contributed by atoms with Crippen LogP contribution in [0.5, 0.6) is 11.5 Å². The number of aryl methyl sites for hydroxylation is 2. The number of rotatable bonds is 9. The number of carbonyl (C=O) groups is 1. The number of nitrogens with zero attached hydrogens (tertiary/aromatic N) is 1. The molecule has 1 atom stereocenters. The lowest BCUT2D eigenvalue weighted by molar-refractivity contribution is -0.120. The number of sulfonamides is 1. The molecular formula is C21H28N2O5S. The summed E-state index contributed by atoms with van der Waals surface area (Å²) in [6.07, 6.45) is 1.09. The molecule has 2 aromatic carbocycles. The van der Waals surface area contributed by atoms with Gasteiger partial charge in [0.25, 0.3) is 0 Å². The van der Waals surface area contributed by atoms with Gasteiger partial charge in [-0.3, -0.25) is 9.10 Å². The molecule has 0 aliphatic rings. The number of ether oxygens (including phenoxy) is 2. The molecule has 0 aromatic heterocycles. The van der Waals surface area contributed by atoms with Crippen molar-refractivity contribution in [2.24, 2.45) is 0 Å². The fourth-order valence-corrected chi connectivity index (χ4v) is 3.51. The lowest BCUT2D eigenvalue weighted by atomic mass is 10.1. The number of anilines is 1. The second-order valence-electron chi connectivity index (χ2n) is 6.99. The summed E-state index contributed by atoms with van der Waals surface area (Å²) in [6.45, 7) is 5.59. The fraction of sp³-hybridized carbons (Fsp3) is 0.381. The fourth-order valence-electron chi connectivity index (χ4n) is 2.67. The van der Waals surface area contributed by atoms with Gasteiger partial charge in [-0.05, 0) is 68.3 Å². The molecule has 2 rings (SSSR count). The standard InChI is InChI=1S/C21H28N2O5S/c1-15-6-7-18(12-16(15)2)23(29(5,25)26)13-21(24)22-17(3)14-28-20-10-8-19(27-4)9-11-20/h6-12,17H,13-14H2,1-5H3,(H,22,24)/t17-/m0/s1. The molecule has 0 saturated heterocycles. The third-order valence-corrected chi connectivity index (χ3v) is 5.57. The van der Waals surface area contributed by atoms with Crippen molar-refractivity contribution in [2.45, 2.75) is 26.8 Å². The monoisotopic (exact) mass is 420 g/mol. The van der Waals surface area contributed by atoms with Crippen molar-refractivity contribution >= 4 is 21.6 Å². The average Bonchev–Trinajstić information content (AvgIpc) is 2.66. The molecule has 0 heterocycles. The predicted molar refractivity (Wildman–Crippen MR) is 114 cm³/mol. The molecule has 0 bridgehead atoms. The Morgan fingerprint density at radius 1 is 1.07 bits per heavy atom. The van der Waals surface area contributed by atoms with E-state index in [0.29, 0.717) is 11.4 Å². The second kappa shape index (κ2) is 9.65. The van der Waals surface area contributed by atoms with E-state index >= 15 is 0 Å². The highest BCUT2D eigenvalue weighted by atomic mass is 32.2. The molecule has 0 aliphatic carbocycles. The van der Waals surface area contributed by atoms with Crippen LogP contribution in [-0.2, 0) is 14.8 Å². The van der Waals surface area contributed by atoms with Crippen LogP contribution >= 0.6 is 0 Å². The quantitative estimate of drug-likeness (QED) is 0.674. The van der Waals surface area contributed by atoms with Gasteiger partial charge in [-0.25, -0.2) is 8.42 Å². The van der Waals surface area contributed by atoms with Crippen LogP contribution in [0.1, 0.15) is 18.1 Å². The first kappa shape index (κ1) is 22.5. The van der Waals surface area contributed by atoms with E-state index in [-0.39, 0.29) is 19.2 Å². The highest BCUT2D eigenvalue weighted by Gasteiger charge is 2.22. The van der Waals surface area contributed by atoms with Gasteiger partial charge in [0, 0.05) is 0 Å². The third-order valence-electron chi connectivity index (χ3n) is 4.43. The summed E-state index contributed by atoms with van der Waals surface area (Å²) in [4.78, 5) is 12.4. The molecule has 0 aliphatic heterocycles. The van der Waals surface area contributed by atoms with Gasteiger partial charge >= 0.3 is 0 Å². The average molecular weight is 421 g/mol. The summed E-state index contributed by atoms with van der Waals surface area (Å²) < 4.78 is 36.3. The van der Waals surface area contributed by atoms with E-state index in [0.717, 1.165) is 27.4 Å². The minimum atomic E-state index is -3.61. The maximum atomic E-state index is 12.4. The molecule has 2 aromatic rings. The zero-order valence-corrected chi connectivity index (χ0v) is 18.2. The summed E-state index contributed by atoms with van der Waals surface area (Å²) in [5.74, 6) is 0.977. The van der Waals surface area contributed by atoms with Crippen molar-refractivity contribution < 1.29 is 22.7 Å². The number of nitrogens with one attached hydrogen (secondary N) is 1. The van der Waals surface area contributed by atoms with Gasteiger partial charge in [0.15, 0.2) is 0 Å². The normalized spacial score (nSPS) is 12.2. The van der Waals surface area contributed by atoms with Gasteiger partial charge in [0.1, 0.15) is 24.7 Å². The van der Waals surface area contributed by atoms with E-state index in [2.05, 4.69) is 5.32 Å². The van der Waals surface area contributed by atoms with Crippen LogP contribution in [0.15, 0.2) is 42.5 Å². The van der Waals surface area contributed by atoms with Crippen LogP contribution in [0.3, 0.4) is 0 Å². The summed E-state index contributed by atoms with van der Waals surface area (Å²) in [5, 5.41) is 2.78. The number of hydrogen-bond acceptors (Lipinski definition) is 5. The highest BCUT2D eigenvalue weighted by Crippen LogP contribution is 2.21. The van der Waals surface area contributed by atoms with Crippen molar-refractivity contribution in [3.63, 3.8) is 0 Å². The first-order valence-electron chi connectivity index (χ1n) is 9.21. The molecule has 7 nitrogen and oxygen atoms in total. The molecule has 1 amide bonds. The molecule has 0 spiro atoms. The summed E-state index contributed by atoms with van der Waals surface area (Å²) in [5.41, 5.74) is 2.47. The molecule has 0 fully saturated rings. The number of methoxy groups -OCH3 is 1. The lowest BCUT2D eigenvalue weighted by Crippen LogP contribution is -2.44. The number of carbonyl (C=O) groups excluding carboxylic acids is 1. The van der Waals surface area contributed by atoms with E-state index in [1.807, 2.05) is 19.9 Å². The minimum absolute atomic E-state index is 0.251. The van der Waals surface area contributed by atoms with E-state index in [1.54, 1.807) is 50.4 Å². The van der Waals surface area contributed by atoms with Gasteiger partial charge in [-0.15, -0.1) is 0 Å². The Bertz CT molecular complexity index is 942. The van der Waals surface area contributed by atoms with E-state index in [4.69, 9.17) is 9.47 Å². The minimum Gasteiger partial charge on any atom is -0.497 e. The Hall–Kier alpha value is -2.74. The summed E-state index contributed by atoms with van der Waals surface area (Å²) in [7, 11) is -2.02. The van der Waals surface area contributed by atoms with Crippen LogP contribution in [0, 0.1) is 13.8 Å². The smallest absolute Gasteiger partial charge is 0.241 e. The van der Waals surface area contributed by atoms with Crippen molar-refractivity contribution in [1.82, 2.24) is 5.32 Å². The highest BCUT2D eigenvalue weighted by molar-refractivity contribution is 7.92. The van der Waals surface area contributed by atoms with Gasteiger partial charge in [-0.2, -0.15) is 0 Å². The Morgan fingerprint density at radius 3 is 2.24 bits per heavy atom. The molecule has 1 N–H and O–H groups in total. The summed E-state index contributed by atoms with van der Waals surface area (Å²) in [6, 6.07) is 12.1. The SMILES string of the molecule is COc1ccc(OC[C@H](C)NC(=O)CN(c2ccc(C)c(C)c2)S(C)(=O)=O)cc1. The maximum Gasteiger partial charge on any atom is 0.241 e. The van der Waals surface area contributed by atoms with Crippen molar-refractivity contribution in [3.05, 3.63) is 53.6 Å². The molecule has 29 heavy (non-hydrogen) atoms. The van der Waals surface area contributed by atoms with Crippen LogP contribution < -0.4 is 19.1 Å². The third kappa shape index (κ3) is 6.67. The van der Waals surface area contributed by atoms with Crippen LogP contribution in [0.4, 0.5) is 5.69 Å². The van der Waals surface area contributed by atoms with Crippen molar-refractivity contribution in [1.29, 1.82) is 0 Å². The number of hydrogen-bond donors (Lipinski definition) is 1. The van der Waals surface area contributed by atoms with Crippen LogP contribution in [0.2, 0.25) is 0 Å². The Labute approximate surface area is 172 Å². The topological polar surface area (TPSA) is 84.9 Å². The second-order valence-corrected chi connectivity index (χ2v) is 8.90. The van der Waals surface area contributed by atoms with Gasteiger partial charge in [0.05, 0.1) is 25.1 Å². The van der Waals surface area contributed by atoms with Gasteiger partial charge in [-0.1, -0.05) is 6.07 Å². The van der Waals surface area contributed by atoms with Crippen LogP contribution in [-0.4, -0.2) is 46.9 Å². The van der Waals surface area contributed by atoms with Crippen molar-refractivity contribution in [3.8, 4) is 11.5 Å². The maximum absolute atomic E-state index is 12.4. The zero-order valence-electron chi connectivity index (χ0n) is 17.4. The van der Waals surface area contributed by atoms with E-state index < -0.39 is 15.9 Å². The van der Waals surface area contributed by atoms with E-state index in [1.165, 1.54) is 0 Å². The number of benzene rings is 2. The first-order valence-corrected chi connectivity index (χ1v) is 11.1. The molecule has 8 heteroatoms. The molecule has 0 radical (unpaired) electrons. The zero-order chi connectivity index (χ0) is 21.6. The molecule has 0 saturated carbocycles. The molecule has 0 unspecified atom stereocenters. The van der Waals surface area contributed by atoms with Crippen molar-refractivity contribution in [2.75, 3.05) is 30.8 Å². The number of amides is 1. The Balaban J connectivity index is 1.97. The first-order chi connectivity index (χ1) is 13.6. The molecular weight excluding hydrogens is 392 g/mol. The van der Waals surface area contributed by atoms with E-state index in [9.17, 15) is 13.2 Å². The van der Waals surface area contributed by atoms with Crippen LogP contribution in [0.25, 0.3) is 0 Å². The van der Waals surface area contributed by atoms with Gasteiger partial charge < -0.3 is 14.8 Å². The Morgan fingerprint density at radius 2 is 1.69 bits per heavy atom. The Kier molecular flexibility index (Phi) is 7.50. The predicted octanol–water partition coefficient (Wildman–Crippen LogP) is 2.66. The largest absolute Gasteiger partial charge is 0.497 e.